The molecule has 92 valence electrons. The van der Waals surface area contributed by atoms with Crippen molar-refractivity contribution in [3.05, 3.63) is 35.8 Å². The average molecular weight is 242 g/mol. The van der Waals surface area contributed by atoms with Gasteiger partial charge in [0.2, 0.25) is 0 Å². The Kier molecular flexibility index (Phi) is 2.60. The van der Waals surface area contributed by atoms with Crippen LogP contribution in [-0.4, -0.2) is 29.0 Å². The number of primary amides is 1. The summed E-state index contributed by atoms with van der Waals surface area (Å²) in [6.45, 7) is 1.78. The zero-order valence-electron chi connectivity index (χ0n) is 9.86. The van der Waals surface area contributed by atoms with Gasteiger partial charge in [0.05, 0.1) is 11.2 Å². The number of aromatic nitrogens is 2. The smallest absolute Gasteiger partial charge is 0.269 e. The molecule has 5 heteroatoms. The first kappa shape index (κ1) is 11.0. The van der Waals surface area contributed by atoms with Crippen LogP contribution in [0, 0.1) is 0 Å². The summed E-state index contributed by atoms with van der Waals surface area (Å²) < 4.78 is 0. The van der Waals surface area contributed by atoms with E-state index in [9.17, 15) is 4.79 Å². The van der Waals surface area contributed by atoms with Gasteiger partial charge in [-0.3, -0.25) is 4.79 Å². The van der Waals surface area contributed by atoms with Gasteiger partial charge < -0.3 is 16.0 Å². The predicted octanol–water partition coefficient (Wildman–Crippen LogP) is 1.04. The first-order chi connectivity index (χ1) is 8.75. The zero-order valence-corrected chi connectivity index (χ0v) is 9.86. The Hall–Kier alpha value is -2.14. The van der Waals surface area contributed by atoms with Gasteiger partial charge in [-0.15, -0.1) is 0 Å². The Morgan fingerprint density at radius 3 is 3.06 bits per heavy atom. The largest absolute Gasteiger partial charge is 0.364 e. The first-order valence-corrected chi connectivity index (χ1v) is 5.94. The molecule has 0 spiro atoms. The molecular weight excluding hydrogens is 228 g/mol. The van der Waals surface area contributed by atoms with Gasteiger partial charge in [-0.25, -0.2) is 4.98 Å². The number of nitrogens with zero attached hydrogens (tertiary/aromatic N) is 1. The Labute approximate surface area is 104 Å². The van der Waals surface area contributed by atoms with E-state index in [0.717, 1.165) is 30.6 Å². The maximum atomic E-state index is 11.5. The number of amides is 1. The number of nitrogens with one attached hydrogen (secondary N) is 2. The number of H-pyrrole nitrogens is 1. The fraction of sp³-hybridized carbons (Fsp3) is 0.231. The number of carbonyl (C=O) groups excluding carboxylic acids is 1. The van der Waals surface area contributed by atoms with Crippen molar-refractivity contribution in [3.8, 4) is 0 Å². The molecule has 2 aromatic heterocycles. The molecule has 1 aliphatic rings. The van der Waals surface area contributed by atoms with E-state index in [0.29, 0.717) is 11.2 Å². The molecule has 0 saturated heterocycles. The minimum atomic E-state index is -0.501. The highest BCUT2D eigenvalue weighted by molar-refractivity contribution is 6.03. The molecule has 0 aromatic carbocycles. The minimum absolute atomic E-state index is 0.312. The lowest BCUT2D eigenvalue weighted by Gasteiger charge is -2.14. The topological polar surface area (TPSA) is 83.8 Å². The summed E-state index contributed by atoms with van der Waals surface area (Å²) in [5.74, 6) is -0.501. The fourth-order valence-electron chi connectivity index (χ4n) is 2.26. The van der Waals surface area contributed by atoms with Gasteiger partial charge in [0.15, 0.2) is 5.69 Å². The van der Waals surface area contributed by atoms with Gasteiger partial charge in [0.25, 0.3) is 5.91 Å². The monoisotopic (exact) mass is 242 g/mol. The van der Waals surface area contributed by atoms with Gasteiger partial charge in [0.1, 0.15) is 0 Å². The van der Waals surface area contributed by atoms with Crippen LogP contribution in [0.25, 0.3) is 16.5 Å². The Balaban J connectivity index is 2.18. The third kappa shape index (κ3) is 1.78. The van der Waals surface area contributed by atoms with Crippen molar-refractivity contribution in [2.45, 2.75) is 6.42 Å². The Morgan fingerprint density at radius 2 is 2.33 bits per heavy atom. The average Bonchev–Trinajstić information content (AvgIpc) is 2.86. The van der Waals surface area contributed by atoms with Crippen LogP contribution in [0.2, 0.25) is 0 Å². The minimum Gasteiger partial charge on any atom is -0.364 e. The molecule has 0 bridgehead atoms. The highest BCUT2D eigenvalue weighted by atomic mass is 16.1. The van der Waals surface area contributed by atoms with Crippen molar-refractivity contribution in [2.24, 2.45) is 5.73 Å². The lowest BCUT2D eigenvalue weighted by atomic mass is 10.0. The maximum Gasteiger partial charge on any atom is 0.269 e. The second-order valence-corrected chi connectivity index (χ2v) is 4.35. The van der Waals surface area contributed by atoms with Crippen LogP contribution < -0.4 is 11.1 Å². The molecular formula is C13H14N4O. The summed E-state index contributed by atoms with van der Waals surface area (Å²) in [6, 6.07) is 3.92. The summed E-state index contributed by atoms with van der Waals surface area (Å²) in [6.07, 6.45) is 4.82. The molecule has 0 radical (unpaired) electrons. The van der Waals surface area contributed by atoms with Crippen LogP contribution in [0.3, 0.4) is 0 Å². The zero-order chi connectivity index (χ0) is 12.5. The van der Waals surface area contributed by atoms with Crippen LogP contribution in [0.4, 0.5) is 0 Å². The van der Waals surface area contributed by atoms with E-state index < -0.39 is 5.91 Å². The van der Waals surface area contributed by atoms with Gasteiger partial charge in [-0.1, -0.05) is 6.08 Å². The standard InChI is InChI=1S/C13H14N4O/c14-13(18)12-11-9(3-6-16-11)7-10(17-12)8-1-4-15-5-2-8/h1,3,6-7,15-16H,2,4-5H2,(H2,14,18). The van der Waals surface area contributed by atoms with E-state index in [-0.39, 0.29) is 0 Å². The van der Waals surface area contributed by atoms with Crippen LogP contribution in [-0.2, 0) is 0 Å². The molecule has 0 aliphatic carbocycles. The molecule has 0 atom stereocenters. The molecule has 5 nitrogen and oxygen atoms in total. The number of carbonyl (C=O) groups is 1. The number of aromatic amines is 1. The highest BCUT2D eigenvalue weighted by Gasteiger charge is 2.14. The van der Waals surface area contributed by atoms with E-state index in [4.69, 9.17) is 5.73 Å². The molecule has 18 heavy (non-hydrogen) atoms. The molecule has 2 aromatic rings. The molecule has 0 unspecified atom stereocenters. The predicted molar refractivity (Wildman–Crippen MR) is 70.1 cm³/mol. The summed E-state index contributed by atoms with van der Waals surface area (Å²) in [7, 11) is 0. The highest BCUT2D eigenvalue weighted by Crippen LogP contribution is 2.23. The van der Waals surface area contributed by atoms with E-state index in [1.807, 2.05) is 12.1 Å². The van der Waals surface area contributed by atoms with Crippen molar-refractivity contribution >= 4 is 22.4 Å². The second kappa shape index (κ2) is 4.27. The SMILES string of the molecule is NC(=O)c1nc(C2=CCNCC2)cc2cc[nH]c12. The van der Waals surface area contributed by atoms with Crippen LogP contribution in [0.15, 0.2) is 24.4 Å². The number of hydrogen-bond donors (Lipinski definition) is 3. The van der Waals surface area contributed by atoms with E-state index in [1.165, 1.54) is 5.57 Å². The number of rotatable bonds is 2. The third-order valence-electron chi connectivity index (χ3n) is 3.17. The van der Waals surface area contributed by atoms with Gasteiger partial charge in [-0.2, -0.15) is 0 Å². The van der Waals surface area contributed by atoms with E-state index in [1.54, 1.807) is 6.20 Å². The Morgan fingerprint density at radius 1 is 1.44 bits per heavy atom. The summed E-state index contributed by atoms with van der Waals surface area (Å²) in [5, 5.41) is 4.22. The first-order valence-electron chi connectivity index (χ1n) is 5.94. The molecule has 4 N–H and O–H groups in total. The number of fused-ring (bicyclic) bond motifs is 1. The van der Waals surface area contributed by atoms with Crippen molar-refractivity contribution < 1.29 is 4.79 Å². The third-order valence-corrected chi connectivity index (χ3v) is 3.17. The second-order valence-electron chi connectivity index (χ2n) is 4.35. The normalized spacial score (nSPS) is 15.7. The molecule has 0 fully saturated rings. The lowest BCUT2D eigenvalue weighted by Crippen LogP contribution is -2.21. The molecule has 1 aliphatic heterocycles. The van der Waals surface area contributed by atoms with Gasteiger partial charge in [-0.05, 0) is 30.7 Å². The van der Waals surface area contributed by atoms with Crippen molar-refractivity contribution in [1.82, 2.24) is 15.3 Å². The Bertz CT molecular complexity index is 641. The number of nitrogens with two attached hydrogens (primary N) is 1. The summed E-state index contributed by atoms with van der Waals surface area (Å²) in [4.78, 5) is 18.9. The molecule has 0 saturated carbocycles. The van der Waals surface area contributed by atoms with Crippen molar-refractivity contribution in [3.63, 3.8) is 0 Å². The van der Waals surface area contributed by atoms with E-state index >= 15 is 0 Å². The number of pyridine rings is 1. The van der Waals surface area contributed by atoms with Gasteiger partial charge >= 0.3 is 0 Å². The quantitative estimate of drug-likeness (QED) is 0.735. The van der Waals surface area contributed by atoms with Crippen LogP contribution in [0.5, 0.6) is 0 Å². The summed E-state index contributed by atoms with van der Waals surface area (Å²) >= 11 is 0. The maximum absolute atomic E-state index is 11.5. The molecule has 3 rings (SSSR count). The van der Waals surface area contributed by atoms with Crippen LogP contribution >= 0.6 is 0 Å². The molecule has 1 amide bonds. The van der Waals surface area contributed by atoms with E-state index in [2.05, 4.69) is 21.4 Å². The molecule has 3 heterocycles. The van der Waals surface area contributed by atoms with Crippen molar-refractivity contribution in [1.29, 1.82) is 0 Å². The van der Waals surface area contributed by atoms with Gasteiger partial charge in [0, 0.05) is 18.1 Å². The number of hydrogen-bond acceptors (Lipinski definition) is 3. The van der Waals surface area contributed by atoms with Crippen molar-refractivity contribution in [2.75, 3.05) is 13.1 Å². The fourth-order valence-corrected chi connectivity index (χ4v) is 2.26. The summed E-state index contributed by atoms with van der Waals surface area (Å²) in [5.41, 5.74) is 8.42. The lowest BCUT2D eigenvalue weighted by molar-refractivity contribution is 0.0997. The van der Waals surface area contributed by atoms with Crippen LogP contribution in [0.1, 0.15) is 22.6 Å².